The first-order valence-electron chi connectivity index (χ1n) is 4.29. The third-order valence-electron chi connectivity index (χ3n) is 1.91. The van der Waals surface area contributed by atoms with E-state index in [9.17, 15) is 0 Å². The summed E-state index contributed by atoms with van der Waals surface area (Å²) in [6, 6.07) is 2.14. The predicted molar refractivity (Wildman–Crippen MR) is 57.1 cm³/mol. The molecular weight excluding hydrogens is 188 g/mol. The second-order valence-corrected chi connectivity index (χ2v) is 5.18. The Balaban J connectivity index is 2.65. The van der Waals surface area contributed by atoms with Crippen molar-refractivity contribution in [3.05, 3.63) is 21.9 Å². The van der Waals surface area contributed by atoms with Gasteiger partial charge in [0.25, 0.3) is 0 Å². The molecule has 0 aliphatic carbocycles. The molecule has 68 valence electrons. The Morgan fingerprint density at radius 2 is 2.17 bits per heavy atom. The number of hydrogen-bond donors (Lipinski definition) is 0. The Morgan fingerprint density at radius 3 is 2.58 bits per heavy atom. The van der Waals surface area contributed by atoms with Crippen molar-refractivity contribution in [1.29, 1.82) is 0 Å². The van der Waals surface area contributed by atoms with Gasteiger partial charge in [0, 0.05) is 4.88 Å². The molecule has 0 aliphatic rings. The van der Waals surface area contributed by atoms with Crippen LogP contribution in [0.15, 0.2) is 11.4 Å². The molecule has 0 spiro atoms. The molecule has 2 heteroatoms. The molecule has 0 bridgehead atoms. The van der Waals surface area contributed by atoms with E-state index in [0.717, 1.165) is 6.42 Å². The van der Waals surface area contributed by atoms with Crippen molar-refractivity contribution < 1.29 is 0 Å². The molecular formula is C10H15ClS. The molecule has 0 nitrogen and oxygen atoms in total. The van der Waals surface area contributed by atoms with Crippen molar-refractivity contribution in [3.8, 4) is 0 Å². The molecule has 0 N–H and O–H groups in total. The molecule has 0 radical (unpaired) electrons. The molecule has 0 aliphatic heterocycles. The quantitative estimate of drug-likeness (QED) is 0.639. The second-order valence-electron chi connectivity index (χ2n) is 3.53. The summed E-state index contributed by atoms with van der Waals surface area (Å²) in [4.78, 5) is 1.36. The summed E-state index contributed by atoms with van der Waals surface area (Å²) in [5.74, 6) is 0.673. The van der Waals surface area contributed by atoms with Crippen LogP contribution in [0, 0.1) is 12.8 Å². The van der Waals surface area contributed by atoms with Crippen molar-refractivity contribution in [2.75, 3.05) is 0 Å². The van der Waals surface area contributed by atoms with E-state index in [1.807, 2.05) is 0 Å². The van der Waals surface area contributed by atoms with E-state index in [-0.39, 0.29) is 5.38 Å². The highest BCUT2D eigenvalue weighted by atomic mass is 35.5. The topological polar surface area (TPSA) is 0 Å². The summed E-state index contributed by atoms with van der Waals surface area (Å²) in [5.41, 5.74) is 1.32. The zero-order chi connectivity index (χ0) is 9.14. The molecule has 1 heterocycles. The normalized spacial score (nSPS) is 13.8. The number of thiophene rings is 1. The van der Waals surface area contributed by atoms with Crippen molar-refractivity contribution in [2.45, 2.75) is 32.6 Å². The summed E-state index contributed by atoms with van der Waals surface area (Å²) < 4.78 is 0. The van der Waals surface area contributed by atoms with Crippen LogP contribution in [0.5, 0.6) is 0 Å². The molecule has 0 saturated carbocycles. The molecule has 12 heavy (non-hydrogen) atoms. The number of halogens is 1. The van der Waals surface area contributed by atoms with Crippen LogP contribution in [0.2, 0.25) is 0 Å². The van der Waals surface area contributed by atoms with E-state index in [1.165, 1.54) is 10.4 Å². The maximum Gasteiger partial charge on any atom is 0.0598 e. The van der Waals surface area contributed by atoms with E-state index in [0.29, 0.717) is 5.92 Å². The smallest absolute Gasteiger partial charge is 0.0598 e. The number of hydrogen-bond acceptors (Lipinski definition) is 1. The van der Waals surface area contributed by atoms with Crippen molar-refractivity contribution in [1.82, 2.24) is 0 Å². The van der Waals surface area contributed by atoms with E-state index >= 15 is 0 Å². The summed E-state index contributed by atoms with van der Waals surface area (Å²) in [5, 5.41) is 2.32. The van der Waals surface area contributed by atoms with Gasteiger partial charge in [-0.2, -0.15) is 0 Å². The van der Waals surface area contributed by atoms with E-state index in [2.05, 4.69) is 32.2 Å². The van der Waals surface area contributed by atoms with Crippen LogP contribution in [0.4, 0.5) is 0 Å². The minimum absolute atomic E-state index is 0.205. The molecule has 1 unspecified atom stereocenters. The Labute approximate surface area is 83.6 Å². The van der Waals surface area contributed by atoms with Gasteiger partial charge in [-0.25, -0.2) is 0 Å². The Bertz CT molecular complexity index is 240. The monoisotopic (exact) mass is 202 g/mol. The highest BCUT2D eigenvalue weighted by Crippen LogP contribution is 2.32. The van der Waals surface area contributed by atoms with Gasteiger partial charge in [0.2, 0.25) is 0 Å². The van der Waals surface area contributed by atoms with Crippen LogP contribution in [-0.4, -0.2) is 0 Å². The van der Waals surface area contributed by atoms with Crippen LogP contribution < -0.4 is 0 Å². The predicted octanol–water partition coefficient (Wildman–Crippen LogP) is 4.38. The number of aryl methyl sites for hydroxylation is 1. The van der Waals surface area contributed by atoms with Gasteiger partial charge in [-0.15, -0.1) is 22.9 Å². The lowest BCUT2D eigenvalue weighted by Crippen LogP contribution is -1.95. The first-order valence-corrected chi connectivity index (χ1v) is 5.61. The van der Waals surface area contributed by atoms with Crippen molar-refractivity contribution >= 4 is 22.9 Å². The zero-order valence-corrected chi connectivity index (χ0v) is 9.38. The molecule has 1 rings (SSSR count). The Hall–Kier alpha value is -0.0100. The number of rotatable bonds is 3. The second kappa shape index (κ2) is 4.29. The van der Waals surface area contributed by atoms with Crippen molar-refractivity contribution in [2.24, 2.45) is 5.92 Å². The SMILES string of the molecule is Cc1sccc1C(Cl)CC(C)C. The molecule has 0 amide bonds. The lowest BCUT2D eigenvalue weighted by Gasteiger charge is -2.11. The van der Waals surface area contributed by atoms with Gasteiger partial charge >= 0.3 is 0 Å². The van der Waals surface area contributed by atoms with Crippen LogP contribution in [0.25, 0.3) is 0 Å². The Kier molecular flexibility index (Phi) is 3.60. The first-order chi connectivity index (χ1) is 5.61. The maximum absolute atomic E-state index is 6.25. The van der Waals surface area contributed by atoms with Gasteiger partial charge in [0.15, 0.2) is 0 Å². The summed E-state index contributed by atoms with van der Waals surface area (Å²) in [7, 11) is 0. The summed E-state index contributed by atoms with van der Waals surface area (Å²) in [6.07, 6.45) is 1.07. The van der Waals surface area contributed by atoms with Gasteiger partial charge in [0.1, 0.15) is 0 Å². The van der Waals surface area contributed by atoms with Gasteiger partial charge in [-0.3, -0.25) is 0 Å². The van der Waals surface area contributed by atoms with Crippen LogP contribution in [0.3, 0.4) is 0 Å². The fourth-order valence-electron chi connectivity index (χ4n) is 1.26. The average Bonchev–Trinajstić information content (AvgIpc) is 2.33. The van der Waals surface area contributed by atoms with E-state index in [4.69, 9.17) is 11.6 Å². The maximum atomic E-state index is 6.25. The first kappa shape index (κ1) is 10.1. The molecule has 1 aromatic heterocycles. The van der Waals surface area contributed by atoms with E-state index in [1.54, 1.807) is 11.3 Å². The van der Waals surface area contributed by atoms with Gasteiger partial charge in [-0.1, -0.05) is 13.8 Å². The zero-order valence-electron chi connectivity index (χ0n) is 7.80. The average molecular weight is 203 g/mol. The summed E-state index contributed by atoms with van der Waals surface area (Å²) in [6.45, 7) is 6.55. The fourth-order valence-corrected chi connectivity index (χ4v) is 2.68. The van der Waals surface area contributed by atoms with Crippen LogP contribution in [0.1, 0.15) is 36.1 Å². The van der Waals surface area contributed by atoms with Crippen LogP contribution >= 0.6 is 22.9 Å². The molecule has 1 aromatic rings. The van der Waals surface area contributed by atoms with Crippen LogP contribution in [-0.2, 0) is 0 Å². The molecule has 0 saturated heterocycles. The van der Waals surface area contributed by atoms with E-state index < -0.39 is 0 Å². The molecule has 0 fully saturated rings. The van der Waals surface area contributed by atoms with Gasteiger partial charge in [0.05, 0.1) is 5.38 Å². The third-order valence-corrected chi connectivity index (χ3v) is 3.19. The fraction of sp³-hybridized carbons (Fsp3) is 0.600. The van der Waals surface area contributed by atoms with Crippen molar-refractivity contribution in [3.63, 3.8) is 0 Å². The highest BCUT2D eigenvalue weighted by Gasteiger charge is 2.12. The third kappa shape index (κ3) is 2.49. The largest absolute Gasteiger partial charge is 0.149 e. The highest BCUT2D eigenvalue weighted by molar-refractivity contribution is 7.10. The Morgan fingerprint density at radius 1 is 1.50 bits per heavy atom. The minimum atomic E-state index is 0.205. The van der Waals surface area contributed by atoms with Gasteiger partial charge in [-0.05, 0) is 36.3 Å². The lowest BCUT2D eigenvalue weighted by molar-refractivity contribution is 0.575. The molecule has 1 atom stereocenters. The number of alkyl halides is 1. The minimum Gasteiger partial charge on any atom is -0.149 e. The summed E-state index contributed by atoms with van der Waals surface area (Å²) >= 11 is 8.03. The lowest BCUT2D eigenvalue weighted by atomic mass is 10.0. The standard InChI is InChI=1S/C10H15ClS/c1-7(2)6-10(11)9-4-5-12-8(9)3/h4-5,7,10H,6H2,1-3H3. The van der Waals surface area contributed by atoms with Gasteiger partial charge < -0.3 is 0 Å². The molecule has 0 aromatic carbocycles.